The third kappa shape index (κ3) is 3.32. The second-order valence-corrected chi connectivity index (χ2v) is 6.99. The molecular formula is C13H19FN2O2S. The molecule has 1 aliphatic carbocycles. The van der Waals surface area contributed by atoms with Gasteiger partial charge in [-0.25, -0.2) is 17.5 Å². The zero-order valence-corrected chi connectivity index (χ0v) is 11.9. The number of hydrogen-bond donors (Lipinski definition) is 2. The summed E-state index contributed by atoms with van der Waals surface area (Å²) in [6.45, 7) is 3.33. The Hall–Kier alpha value is -0.980. The molecule has 19 heavy (non-hydrogen) atoms. The van der Waals surface area contributed by atoms with Gasteiger partial charge >= 0.3 is 0 Å². The van der Waals surface area contributed by atoms with Gasteiger partial charge in [-0.1, -0.05) is 0 Å². The molecule has 6 heteroatoms. The van der Waals surface area contributed by atoms with Crippen LogP contribution >= 0.6 is 0 Å². The summed E-state index contributed by atoms with van der Waals surface area (Å²) in [7, 11) is -3.62. The largest absolute Gasteiger partial charge is 0.326 e. The zero-order valence-electron chi connectivity index (χ0n) is 11.1. The molecular weight excluding hydrogens is 267 g/mol. The SMILES string of the molecule is Cc1cc(S(=O)(=O)NCC(N)C2CC2)cc(C)c1F. The molecule has 1 unspecified atom stereocenters. The van der Waals surface area contributed by atoms with E-state index in [9.17, 15) is 12.8 Å². The highest BCUT2D eigenvalue weighted by atomic mass is 32.2. The van der Waals surface area contributed by atoms with Gasteiger partial charge in [0.25, 0.3) is 0 Å². The Balaban J connectivity index is 2.14. The Morgan fingerprint density at radius 3 is 2.37 bits per heavy atom. The van der Waals surface area contributed by atoms with Gasteiger partial charge in [-0.15, -0.1) is 0 Å². The van der Waals surface area contributed by atoms with Crippen LogP contribution < -0.4 is 10.5 Å². The van der Waals surface area contributed by atoms with Gasteiger partial charge in [0, 0.05) is 12.6 Å². The predicted octanol–water partition coefficient (Wildman–Crippen LogP) is 1.46. The number of rotatable bonds is 5. The molecule has 1 fully saturated rings. The average Bonchev–Trinajstić information content (AvgIpc) is 3.16. The van der Waals surface area contributed by atoms with Crippen LogP contribution in [0.15, 0.2) is 17.0 Å². The van der Waals surface area contributed by atoms with Crippen LogP contribution in [0.4, 0.5) is 4.39 Å². The number of sulfonamides is 1. The maximum atomic E-state index is 13.5. The van der Waals surface area contributed by atoms with E-state index in [0.29, 0.717) is 17.0 Å². The summed E-state index contributed by atoms with van der Waals surface area (Å²) in [6, 6.07) is 2.54. The van der Waals surface area contributed by atoms with Crippen LogP contribution in [0.25, 0.3) is 0 Å². The lowest BCUT2D eigenvalue weighted by atomic mass is 10.1. The molecule has 0 amide bonds. The number of hydrogen-bond acceptors (Lipinski definition) is 3. The van der Waals surface area contributed by atoms with E-state index in [0.717, 1.165) is 12.8 Å². The number of halogens is 1. The highest BCUT2D eigenvalue weighted by Crippen LogP contribution is 2.31. The predicted molar refractivity (Wildman–Crippen MR) is 71.8 cm³/mol. The second-order valence-electron chi connectivity index (χ2n) is 5.22. The van der Waals surface area contributed by atoms with Gasteiger partial charge in [0.15, 0.2) is 0 Å². The Kier molecular flexibility index (Phi) is 3.94. The van der Waals surface area contributed by atoms with Crippen LogP contribution in [0.2, 0.25) is 0 Å². The van der Waals surface area contributed by atoms with Crippen molar-refractivity contribution < 1.29 is 12.8 Å². The van der Waals surface area contributed by atoms with E-state index < -0.39 is 10.0 Å². The van der Waals surface area contributed by atoms with E-state index in [2.05, 4.69) is 4.72 Å². The number of nitrogens with two attached hydrogens (primary N) is 1. The number of aryl methyl sites for hydroxylation is 2. The summed E-state index contributed by atoms with van der Waals surface area (Å²) in [6.07, 6.45) is 2.13. The van der Waals surface area contributed by atoms with Crippen molar-refractivity contribution in [3.05, 3.63) is 29.1 Å². The molecule has 0 aromatic heterocycles. The molecule has 4 nitrogen and oxygen atoms in total. The first kappa shape index (κ1) is 14.4. The minimum atomic E-state index is -3.62. The van der Waals surface area contributed by atoms with Gasteiger partial charge in [-0.05, 0) is 55.9 Å². The Bertz CT molecular complexity index is 559. The van der Waals surface area contributed by atoms with Crippen LogP contribution in [0.5, 0.6) is 0 Å². The van der Waals surface area contributed by atoms with Gasteiger partial charge in [-0.3, -0.25) is 0 Å². The van der Waals surface area contributed by atoms with Crippen molar-refractivity contribution in [2.45, 2.75) is 37.6 Å². The lowest BCUT2D eigenvalue weighted by Crippen LogP contribution is -2.38. The second kappa shape index (κ2) is 5.19. The fourth-order valence-electron chi connectivity index (χ4n) is 2.04. The summed E-state index contributed by atoms with van der Waals surface area (Å²) in [5.41, 5.74) is 6.51. The molecule has 1 aromatic rings. The van der Waals surface area contributed by atoms with E-state index in [-0.39, 0.29) is 23.3 Å². The minimum Gasteiger partial charge on any atom is -0.326 e. The molecule has 1 saturated carbocycles. The molecule has 1 atom stereocenters. The molecule has 0 aliphatic heterocycles. The highest BCUT2D eigenvalue weighted by molar-refractivity contribution is 7.89. The smallest absolute Gasteiger partial charge is 0.240 e. The first-order chi connectivity index (χ1) is 8.81. The summed E-state index contributed by atoms with van der Waals surface area (Å²) >= 11 is 0. The topological polar surface area (TPSA) is 72.2 Å². The Labute approximate surface area is 113 Å². The van der Waals surface area contributed by atoms with Crippen molar-refractivity contribution in [2.24, 2.45) is 11.7 Å². The van der Waals surface area contributed by atoms with Gasteiger partial charge < -0.3 is 5.73 Å². The summed E-state index contributed by atoms with van der Waals surface area (Å²) in [5.74, 6) is 0.0630. The van der Waals surface area contributed by atoms with Crippen molar-refractivity contribution in [2.75, 3.05) is 6.54 Å². The Morgan fingerprint density at radius 2 is 1.89 bits per heavy atom. The fourth-order valence-corrected chi connectivity index (χ4v) is 3.28. The van der Waals surface area contributed by atoms with E-state index >= 15 is 0 Å². The monoisotopic (exact) mass is 286 g/mol. The Morgan fingerprint density at radius 1 is 1.37 bits per heavy atom. The quantitative estimate of drug-likeness (QED) is 0.860. The maximum absolute atomic E-state index is 13.5. The molecule has 0 bridgehead atoms. The molecule has 1 aliphatic rings. The van der Waals surface area contributed by atoms with Crippen LogP contribution in [-0.2, 0) is 10.0 Å². The molecule has 2 rings (SSSR count). The van der Waals surface area contributed by atoms with E-state index in [1.807, 2.05) is 0 Å². The van der Waals surface area contributed by atoms with Gasteiger partial charge in [0.1, 0.15) is 5.82 Å². The first-order valence-corrected chi connectivity index (χ1v) is 7.81. The lowest BCUT2D eigenvalue weighted by Gasteiger charge is -2.13. The maximum Gasteiger partial charge on any atom is 0.240 e. The van der Waals surface area contributed by atoms with E-state index in [1.54, 1.807) is 13.8 Å². The fraction of sp³-hybridized carbons (Fsp3) is 0.538. The van der Waals surface area contributed by atoms with Crippen molar-refractivity contribution >= 4 is 10.0 Å². The van der Waals surface area contributed by atoms with Crippen LogP contribution in [-0.4, -0.2) is 21.0 Å². The van der Waals surface area contributed by atoms with E-state index in [4.69, 9.17) is 5.73 Å². The summed E-state index contributed by atoms with van der Waals surface area (Å²) in [4.78, 5) is 0.0897. The molecule has 3 N–H and O–H groups in total. The molecule has 1 aromatic carbocycles. The zero-order chi connectivity index (χ0) is 14.2. The van der Waals surface area contributed by atoms with Crippen molar-refractivity contribution in [3.63, 3.8) is 0 Å². The first-order valence-electron chi connectivity index (χ1n) is 6.33. The summed E-state index contributed by atoms with van der Waals surface area (Å²) < 4.78 is 40.2. The number of benzene rings is 1. The summed E-state index contributed by atoms with van der Waals surface area (Å²) in [5, 5.41) is 0. The van der Waals surface area contributed by atoms with Crippen LogP contribution in [0, 0.1) is 25.6 Å². The number of nitrogens with one attached hydrogen (secondary N) is 1. The average molecular weight is 286 g/mol. The molecule has 106 valence electrons. The van der Waals surface area contributed by atoms with Crippen LogP contribution in [0.1, 0.15) is 24.0 Å². The normalized spacial score (nSPS) is 17.5. The third-order valence-electron chi connectivity index (χ3n) is 3.46. The standard InChI is InChI=1S/C13H19FN2O2S/c1-8-5-11(6-9(2)13(8)14)19(17,18)16-7-12(15)10-3-4-10/h5-6,10,12,16H,3-4,7,15H2,1-2H3. The van der Waals surface area contributed by atoms with E-state index in [1.165, 1.54) is 12.1 Å². The van der Waals surface area contributed by atoms with Crippen molar-refractivity contribution in [1.29, 1.82) is 0 Å². The molecule has 0 radical (unpaired) electrons. The van der Waals surface area contributed by atoms with Gasteiger partial charge in [0.2, 0.25) is 10.0 Å². The van der Waals surface area contributed by atoms with Crippen molar-refractivity contribution in [1.82, 2.24) is 4.72 Å². The third-order valence-corrected chi connectivity index (χ3v) is 4.86. The van der Waals surface area contributed by atoms with Crippen molar-refractivity contribution in [3.8, 4) is 0 Å². The molecule has 0 saturated heterocycles. The highest BCUT2D eigenvalue weighted by Gasteiger charge is 2.29. The van der Waals surface area contributed by atoms with Crippen LogP contribution in [0.3, 0.4) is 0 Å². The van der Waals surface area contributed by atoms with Gasteiger partial charge in [0.05, 0.1) is 4.90 Å². The van der Waals surface area contributed by atoms with Gasteiger partial charge in [-0.2, -0.15) is 0 Å². The lowest BCUT2D eigenvalue weighted by molar-refractivity contribution is 0.547. The molecule has 0 heterocycles. The minimum absolute atomic E-state index is 0.0897. The molecule has 0 spiro atoms.